The Hall–Kier alpha value is -2.82. The summed E-state index contributed by atoms with van der Waals surface area (Å²) < 4.78 is 5.46. The highest BCUT2D eigenvalue weighted by Gasteiger charge is 2.10. The Kier molecular flexibility index (Phi) is 7.01. The number of ether oxygens (including phenoxy) is 1. The molecule has 2 rings (SSSR count). The number of nitrogens with one attached hydrogen (secondary N) is 1. The Labute approximate surface area is 149 Å². The van der Waals surface area contributed by atoms with E-state index in [1.807, 2.05) is 25.1 Å². The van der Waals surface area contributed by atoms with Crippen molar-refractivity contribution >= 4 is 17.8 Å². The molecule has 0 bridgehead atoms. The van der Waals surface area contributed by atoms with Gasteiger partial charge < -0.3 is 9.64 Å². The van der Waals surface area contributed by atoms with Crippen LogP contribution >= 0.6 is 0 Å². The van der Waals surface area contributed by atoms with E-state index < -0.39 is 0 Å². The highest BCUT2D eigenvalue weighted by atomic mass is 16.5. The van der Waals surface area contributed by atoms with Crippen molar-refractivity contribution in [2.24, 2.45) is 5.10 Å². The average molecular weight is 339 g/mol. The normalized spacial score (nSPS) is 10.7. The quantitative estimate of drug-likeness (QED) is 0.589. The van der Waals surface area contributed by atoms with Crippen molar-refractivity contribution in [1.82, 2.24) is 5.43 Å². The Morgan fingerprint density at radius 2 is 1.76 bits per heavy atom. The average Bonchev–Trinajstić information content (AvgIpc) is 2.64. The van der Waals surface area contributed by atoms with Crippen LogP contribution in [0.5, 0.6) is 5.75 Å². The Morgan fingerprint density at radius 1 is 1.08 bits per heavy atom. The maximum atomic E-state index is 12.2. The van der Waals surface area contributed by atoms with Gasteiger partial charge in [-0.25, -0.2) is 5.43 Å². The summed E-state index contributed by atoms with van der Waals surface area (Å²) in [5.74, 6) is 0.265. The number of hydrogen-bond donors (Lipinski definition) is 1. The van der Waals surface area contributed by atoms with Crippen molar-refractivity contribution in [3.05, 3.63) is 59.7 Å². The molecule has 0 aliphatic carbocycles. The standard InChI is InChI=1S/C20H25N3O2/c1-4-23(5-2)17-13-11-16(12-14-17)15-21-22-20(24)18-9-7-8-10-19(18)25-6-3/h7-15H,4-6H2,1-3H3,(H,22,24). The summed E-state index contributed by atoms with van der Waals surface area (Å²) >= 11 is 0. The van der Waals surface area contributed by atoms with Crippen molar-refractivity contribution < 1.29 is 9.53 Å². The lowest BCUT2D eigenvalue weighted by Crippen LogP contribution is -2.21. The molecule has 5 heteroatoms. The zero-order chi connectivity index (χ0) is 18.1. The molecule has 0 aliphatic heterocycles. The van der Waals surface area contributed by atoms with Gasteiger partial charge in [0.25, 0.3) is 5.91 Å². The monoisotopic (exact) mass is 339 g/mol. The topological polar surface area (TPSA) is 53.9 Å². The minimum atomic E-state index is -0.292. The number of amides is 1. The molecule has 0 atom stereocenters. The zero-order valence-electron chi connectivity index (χ0n) is 15.0. The summed E-state index contributed by atoms with van der Waals surface area (Å²) in [6.45, 7) is 8.60. The summed E-state index contributed by atoms with van der Waals surface area (Å²) in [5.41, 5.74) is 5.12. The largest absolute Gasteiger partial charge is 0.493 e. The molecular formula is C20H25N3O2. The van der Waals surface area contributed by atoms with Crippen LogP contribution < -0.4 is 15.1 Å². The molecule has 0 heterocycles. The lowest BCUT2D eigenvalue weighted by Gasteiger charge is -2.20. The molecule has 2 aromatic carbocycles. The fourth-order valence-corrected chi connectivity index (χ4v) is 2.52. The van der Waals surface area contributed by atoms with Gasteiger partial charge in [-0.3, -0.25) is 4.79 Å². The SMILES string of the molecule is CCOc1ccccc1C(=O)NN=Cc1ccc(N(CC)CC)cc1. The second-order valence-corrected chi connectivity index (χ2v) is 5.39. The first-order valence-electron chi connectivity index (χ1n) is 8.59. The van der Waals surface area contributed by atoms with Crippen molar-refractivity contribution in [1.29, 1.82) is 0 Å². The maximum Gasteiger partial charge on any atom is 0.275 e. The number of carbonyl (C=O) groups excluding carboxylic acids is 1. The number of benzene rings is 2. The first kappa shape index (κ1) is 18.5. The summed E-state index contributed by atoms with van der Waals surface area (Å²) in [6.07, 6.45) is 1.63. The molecule has 2 aromatic rings. The first-order chi connectivity index (χ1) is 12.2. The van der Waals surface area contributed by atoms with Gasteiger partial charge in [0.05, 0.1) is 18.4 Å². The highest BCUT2D eigenvalue weighted by Crippen LogP contribution is 2.17. The van der Waals surface area contributed by atoms with E-state index >= 15 is 0 Å². The smallest absolute Gasteiger partial charge is 0.275 e. The van der Waals surface area contributed by atoms with E-state index in [2.05, 4.69) is 41.4 Å². The highest BCUT2D eigenvalue weighted by molar-refractivity contribution is 5.97. The number of rotatable bonds is 8. The molecule has 0 radical (unpaired) electrons. The molecule has 25 heavy (non-hydrogen) atoms. The number of carbonyl (C=O) groups is 1. The third kappa shape index (κ3) is 5.08. The van der Waals surface area contributed by atoms with Gasteiger partial charge >= 0.3 is 0 Å². The summed E-state index contributed by atoms with van der Waals surface area (Å²) in [5, 5.41) is 4.04. The number of anilines is 1. The molecule has 0 saturated heterocycles. The minimum absolute atomic E-state index is 0.292. The molecule has 0 unspecified atom stereocenters. The van der Waals surface area contributed by atoms with E-state index in [-0.39, 0.29) is 5.91 Å². The number of nitrogens with zero attached hydrogens (tertiary/aromatic N) is 2. The van der Waals surface area contributed by atoms with Crippen LogP contribution in [0, 0.1) is 0 Å². The van der Waals surface area contributed by atoms with Crippen LogP contribution in [-0.4, -0.2) is 31.8 Å². The lowest BCUT2D eigenvalue weighted by molar-refractivity contribution is 0.0951. The summed E-state index contributed by atoms with van der Waals surface area (Å²) in [6, 6.07) is 15.2. The number of para-hydroxylation sites is 1. The van der Waals surface area contributed by atoms with Gasteiger partial charge in [0.15, 0.2) is 0 Å². The van der Waals surface area contributed by atoms with Gasteiger partial charge in [0.1, 0.15) is 5.75 Å². The van der Waals surface area contributed by atoms with E-state index in [1.54, 1.807) is 24.4 Å². The van der Waals surface area contributed by atoms with Gasteiger partial charge in [0, 0.05) is 18.8 Å². The van der Waals surface area contributed by atoms with E-state index in [1.165, 1.54) is 5.69 Å². The predicted octanol–water partition coefficient (Wildman–Crippen LogP) is 3.70. The van der Waals surface area contributed by atoms with E-state index in [4.69, 9.17) is 4.74 Å². The number of hydrogen-bond acceptors (Lipinski definition) is 4. The number of hydrazone groups is 1. The molecule has 0 aromatic heterocycles. The Balaban J connectivity index is 2.00. The maximum absolute atomic E-state index is 12.2. The van der Waals surface area contributed by atoms with Crippen LogP contribution in [0.2, 0.25) is 0 Å². The fourth-order valence-electron chi connectivity index (χ4n) is 2.52. The van der Waals surface area contributed by atoms with E-state index in [0.29, 0.717) is 17.9 Å². The molecule has 0 aliphatic rings. The molecule has 1 amide bonds. The van der Waals surface area contributed by atoms with Gasteiger partial charge in [-0.15, -0.1) is 0 Å². The fraction of sp³-hybridized carbons (Fsp3) is 0.300. The van der Waals surface area contributed by atoms with Gasteiger partial charge in [0.2, 0.25) is 0 Å². The zero-order valence-corrected chi connectivity index (χ0v) is 15.0. The Bertz CT molecular complexity index is 707. The van der Waals surface area contributed by atoms with Crippen molar-refractivity contribution in [3.8, 4) is 5.75 Å². The minimum Gasteiger partial charge on any atom is -0.493 e. The second-order valence-electron chi connectivity index (χ2n) is 5.39. The molecular weight excluding hydrogens is 314 g/mol. The van der Waals surface area contributed by atoms with Crippen molar-refractivity contribution in [2.75, 3.05) is 24.6 Å². The van der Waals surface area contributed by atoms with Crippen molar-refractivity contribution in [2.45, 2.75) is 20.8 Å². The van der Waals surface area contributed by atoms with Crippen LogP contribution in [0.3, 0.4) is 0 Å². The van der Waals surface area contributed by atoms with Crippen LogP contribution in [0.1, 0.15) is 36.7 Å². The molecule has 0 saturated carbocycles. The molecule has 1 N–H and O–H groups in total. The Morgan fingerprint density at radius 3 is 2.40 bits per heavy atom. The first-order valence-corrected chi connectivity index (χ1v) is 8.59. The van der Waals surface area contributed by atoms with Crippen molar-refractivity contribution in [3.63, 3.8) is 0 Å². The van der Waals surface area contributed by atoms with Gasteiger partial charge in [-0.05, 0) is 50.6 Å². The second kappa shape index (κ2) is 9.47. The molecule has 0 spiro atoms. The van der Waals surface area contributed by atoms with Gasteiger partial charge in [-0.1, -0.05) is 24.3 Å². The van der Waals surface area contributed by atoms with E-state index in [9.17, 15) is 4.79 Å². The summed E-state index contributed by atoms with van der Waals surface area (Å²) in [7, 11) is 0. The van der Waals surface area contributed by atoms with Crippen LogP contribution in [0.15, 0.2) is 53.6 Å². The summed E-state index contributed by atoms with van der Waals surface area (Å²) in [4.78, 5) is 14.5. The van der Waals surface area contributed by atoms with Crippen LogP contribution in [0.4, 0.5) is 5.69 Å². The van der Waals surface area contributed by atoms with Crippen LogP contribution in [-0.2, 0) is 0 Å². The predicted molar refractivity (Wildman–Crippen MR) is 103 cm³/mol. The van der Waals surface area contributed by atoms with Crippen LogP contribution in [0.25, 0.3) is 0 Å². The third-order valence-electron chi connectivity index (χ3n) is 3.83. The molecule has 132 valence electrons. The van der Waals surface area contributed by atoms with Gasteiger partial charge in [-0.2, -0.15) is 5.10 Å². The molecule has 5 nitrogen and oxygen atoms in total. The third-order valence-corrected chi connectivity index (χ3v) is 3.83. The lowest BCUT2D eigenvalue weighted by atomic mass is 10.2. The van der Waals surface area contributed by atoms with E-state index in [0.717, 1.165) is 18.7 Å². The molecule has 0 fully saturated rings.